The quantitative estimate of drug-likeness (QED) is 0.593. The summed E-state index contributed by atoms with van der Waals surface area (Å²) in [7, 11) is 1.90. The van der Waals surface area contributed by atoms with Gasteiger partial charge in [0, 0.05) is 12.5 Å². The summed E-state index contributed by atoms with van der Waals surface area (Å²) in [5.74, 6) is -3.73. The molecule has 6 nitrogen and oxygen atoms in total. The molecule has 0 saturated heterocycles. The molecule has 2 atom stereocenters. The number of nitrogens with zero attached hydrogens (tertiary/aromatic N) is 3. The number of aromatic nitrogens is 3. The Labute approximate surface area is 181 Å². The van der Waals surface area contributed by atoms with Crippen LogP contribution in [0.1, 0.15) is 41.6 Å². The molecule has 0 bridgehead atoms. The van der Waals surface area contributed by atoms with Crippen LogP contribution in [0.2, 0.25) is 4.34 Å². The molecule has 4 rings (SSSR count). The molecule has 0 aromatic carbocycles. The van der Waals surface area contributed by atoms with E-state index in [1.54, 1.807) is 0 Å². The number of carbonyl (C=O) groups is 1. The van der Waals surface area contributed by atoms with E-state index in [-0.39, 0.29) is 11.4 Å². The highest BCUT2D eigenvalue weighted by Crippen LogP contribution is 2.36. The predicted octanol–water partition coefficient (Wildman–Crippen LogP) is 3.35. The van der Waals surface area contributed by atoms with Crippen LogP contribution in [-0.4, -0.2) is 33.4 Å². The van der Waals surface area contributed by atoms with Gasteiger partial charge in [-0.05, 0) is 30.9 Å². The van der Waals surface area contributed by atoms with E-state index < -0.39 is 23.9 Å². The molecular formula is C20H23ClF2N5OS+. The summed E-state index contributed by atoms with van der Waals surface area (Å²) in [6.45, 7) is 2.08. The molecule has 10 heteroatoms. The molecule has 3 N–H and O–H groups in total. The number of fused-ring (bicyclic) bond motifs is 1. The standard InChI is InChI=1S/C20H22ClF2N5OS/c1-3-11-6-7-14-12(10-27(2)28(14)9-11)15-17(21)30-19(25-15)18(29)26-16-13(24)5-4-8-20(16,22)23/h6-7,9-10,13,16H,3-5,8,24H2,1-2H3/p+1. The second kappa shape index (κ2) is 7.86. The van der Waals surface area contributed by atoms with E-state index in [0.29, 0.717) is 22.9 Å². The Kier molecular flexibility index (Phi) is 5.54. The van der Waals surface area contributed by atoms with E-state index in [9.17, 15) is 13.6 Å². The maximum Gasteiger partial charge on any atom is 0.280 e. The molecule has 0 radical (unpaired) electrons. The Morgan fingerprint density at radius 1 is 1.50 bits per heavy atom. The molecule has 1 amide bonds. The van der Waals surface area contributed by atoms with Gasteiger partial charge in [-0.25, -0.2) is 13.8 Å². The molecule has 1 aliphatic rings. The van der Waals surface area contributed by atoms with Crippen molar-refractivity contribution in [3.63, 3.8) is 0 Å². The number of carbonyl (C=O) groups excluding carboxylic acids is 1. The van der Waals surface area contributed by atoms with Crippen LogP contribution in [0.5, 0.6) is 0 Å². The van der Waals surface area contributed by atoms with Gasteiger partial charge in [0.25, 0.3) is 11.8 Å². The van der Waals surface area contributed by atoms with E-state index in [1.165, 1.54) is 5.56 Å². The number of rotatable bonds is 4. The van der Waals surface area contributed by atoms with Crippen LogP contribution in [0.25, 0.3) is 16.8 Å². The molecule has 1 fully saturated rings. The number of amides is 1. The van der Waals surface area contributed by atoms with Crippen LogP contribution in [0.15, 0.2) is 24.5 Å². The van der Waals surface area contributed by atoms with Gasteiger partial charge in [0.1, 0.15) is 21.6 Å². The Morgan fingerprint density at radius 3 is 2.97 bits per heavy atom. The lowest BCUT2D eigenvalue weighted by atomic mass is 9.87. The number of alkyl halides is 2. The first-order chi connectivity index (χ1) is 14.2. The number of hydrogen-bond donors (Lipinski definition) is 2. The zero-order valence-corrected chi connectivity index (χ0v) is 18.2. The minimum atomic E-state index is -3.04. The first-order valence-corrected chi connectivity index (χ1v) is 11.0. The first-order valence-electron chi connectivity index (χ1n) is 9.82. The third-order valence-corrected chi connectivity index (χ3v) is 6.84. The van der Waals surface area contributed by atoms with E-state index in [2.05, 4.69) is 17.2 Å². The van der Waals surface area contributed by atoms with Gasteiger partial charge in [0.15, 0.2) is 12.1 Å². The van der Waals surface area contributed by atoms with Gasteiger partial charge in [-0.2, -0.15) is 0 Å². The summed E-state index contributed by atoms with van der Waals surface area (Å²) in [5, 5.41) is 2.43. The maximum absolute atomic E-state index is 14.2. The summed E-state index contributed by atoms with van der Waals surface area (Å²) in [6, 6.07) is 1.80. The van der Waals surface area contributed by atoms with Gasteiger partial charge in [-0.1, -0.05) is 35.9 Å². The average Bonchev–Trinajstić information content (AvgIpc) is 3.24. The van der Waals surface area contributed by atoms with E-state index in [1.807, 2.05) is 40.8 Å². The molecule has 2 unspecified atom stereocenters. The molecule has 1 saturated carbocycles. The van der Waals surface area contributed by atoms with Gasteiger partial charge >= 0.3 is 0 Å². The van der Waals surface area contributed by atoms with Crippen molar-refractivity contribution in [2.24, 2.45) is 12.8 Å². The molecule has 3 aromatic heterocycles. The largest absolute Gasteiger partial charge is 0.340 e. The van der Waals surface area contributed by atoms with Gasteiger partial charge < -0.3 is 11.1 Å². The number of nitrogens with two attached hydrogens (primary N) is 1. The van der Waals surface area contributed by atoms with Crippen molar-refractivity contribution in [1.82, 2.24) is 14.8 Å². The van der Waals surface area contributed by atoms with Crippen molar-refractivity contribution in [1.29, 1.82) is 0 Å². The fourth-order valence-corrected chi connectivity index (χ4v) is 4.98. The van der Waals surface area contributed by atoms with Crippen molar-refractivity contribution in [3.05, 3.63) is 39.4 Å². The summed E-state index contributed by atoms with van der Waals surface area (Å²) in [5.41, 5.74) is 9.13. The smallest absolute Gasteiger partial charge is 0.280 e. The number of nitrogens with one attached hydrogen (secondary N) is 1. The predicted molar refractivity (Wildman–Crippen MR) is 112 cm³/mol. The lowest BCUT2D eigenvalue weighted by Crippen LogP contribution is -2.59. The molecule has 0 spiro atoms. The highest BCUT2D eigenvalue weighted by atomic mass is 35.5. The van der Waals surface area contributed by atoms with Crippen LogP contribution in [0.3, 0.4) is 0 Å². The van der Waals surface area contributed by atoms with Crippen molar-refractivity contribution in [2.45, 2.75) is 50.6 Å². The Balaban J connectivity index is 1.65. The second-order valence-corrected chi connectivity index (χ2v) is 9.25. The maximum atomic E-state index is 14.2. The van der Waals surface area contributed by atoms with Gasteiger partial charge in [-0.15, -0.1) is 9.20 Å². The molecule has 3 aromatic rings. The first kappa shape index (κ1) is 21.1. The molecule has 30 heavy (non-hydrogen) atoms. The highest BCUT2D eigenvalue weighted by Gasteiger charge is 2.46. The van der Waals surface area contributed by atoms with Crippen LogP contribution < -0.4 is 15.7 Å². The van der Waals surface area contributed by atoms with Gasteiger partial charge in [-0.3, -0.25) is 4.79 Å². The summed E-state index contributed by atoms with van der Waals surface area (Å²) < 4.78 is 32.7. The zero-order valence-electron chi connectivity index (χ0n) is 16.7. The summed E-state index contributed by atoms with van der Waals surface area (Å²) in [4.78, 5) is 17.1. The minimum absolute atomic E-state index is 0.0377. The zero-order chi connectivity index (χ0) is 21.6. The number of halogens is 3. The van der Waals surface area contributed by atoms with E-state index in [4.69, 9.17) is 17.3 Å². The highest BCUT2D eigenvalue weighted by molar-refractivity contribution is 7.18. The Hall–Kier alpha value is -2.10. The third kappa shape index (κ3) is 3.70. The monoisotopic (exact) mass is 454 g/mol. The Morgan fingerprint density at radius 2 is 2.27 bits per heavy atom. The van der Waals surface area contributed by atoms with Crippen LogP contribution in [0, 0.1) is 0 Å². The second-order valence-electron chi connectivity index (χ2n) is 7.65. The van der Waals surface area contributed by atoms with Gasteiger partial charge in [0.2, 0.25) is 6.20 Å². The number of hydrogen-bond acceptors (Lipinski definition) is 4. The van der Waals surface area contributed by atoms with Crippen LogP contribution >= 0.6 is 22.9 Å². The number of thiazole rings is 1. The van der Waals surface area contributed by atoms with Crippen molar-refractivity contribution in [3.8, 4) is 11.3 Å². The minimum Gasteiger partial charge on any atom is -0.340 e. The van der Waals surface area contributed by atoms with E-state index in [0.717, 1.165) is 28.8 Å². The van der Waals surface area contributed by atoms with Crippen LogP contribution in [0.4, 0.5) is 8.78 Å². The number of pyridine rings is 1. The fourth-order valence-electron chi connectivity index (χ4n) is 3.90. The third-order valence-electron chi connectivity index (χ3n) is 5.58. The lowest BCUT2D eigenvalue weighted by molar-refractivity contribution is -0.737. The Bertz CT molecular complexity index is 1110. The van der Waals surface area contributed by atoms with Crippen molar-refractivity contribution < 1.29 is 18.3 Å². The normalized spacial score (nSPS) is 21.1. The van der Waals surface area contributed by atoms with Crippen molar-refractivity contribution >= 4 is 34.4 Å². The van der Waals surface area contributed by atoms with Gasteiger partial charge in [0.05, 0.1) is 11.8 Å². The molecule has 160 valence electrons. The SMILES string of the molecule is CCc1ccc2c(-c3nc(C(=O)NC4C(N)CCCC4(F)F)sc3Cl)c[n+](C)n2c1. The topological polar surface area (TPSA) is 76.3 Å². The van der Waals surface area contributed by atoms with Crippen LogP contribution in [-0.2, 0) is 13.5 Å². The average molecular weight is 455 g/mol. The number of aryl methyl sites for hydroxylation is 2. The van der Waals surface area contributed by atoms with Crippen molar-refractivity contribution in [2.75, 3.05) is 0 Å². The molecule has 0 aliphatic heterocycles. The summed E-state index contributed by atoms with van der Waals surface area (Å²) >= 11 is 7.37. The molecule has 1 aliphatic carbocycles. The lowest BCUT2D eigenvalue weighted by Gasteiger charge is -2.36. The molecule has 3 heterocycles. The summed E-state index contributed by atoms with van der Waals surface area (Å²) in [6.07, 6.45) is 5.30. The van der Waals surface area contributed by atoms with E-state index >= 15 is 0 Å². The fraction of sp³-hybridized carbons (Fsp3) is 0.450. The molecular weight excluding hydrogens is 432 g/mol.